The predicted octanol–water partition coefficient (Wildman–Crippen LogP) is 2.00. The van der Waals surface area contributed by atoms with Crippen LogP contribution in [0.5, 0.6) is 0 Å². The number of sulfonamides is 1. The average molecular weight is 404 g/mol. The second kappa shape index (κ2) is 9.29. The molecule has 1 heterocycles. The number of morpholine rings is 1. The fourth-order valence-electron chi connectivity index (χ4n) is 3.12. The number of rotatable bonds is 7. The minimum absolute atomic E-state index is 0.00729. The Morgan fingerprint density at radius 3 is 2.54 bits per heavy atom. The highest BCUT2D eigenvalue weighted by molar-refractivity contribution is 7.89. The minimum atomic E-state index is -3.59. The van der Waals surface area contributed by atoms with E-state index in [0.29, 0.717) is 25.4 Å². The van der Waals surface area contributed by atoms with Crippen molar-refractivity contribution in [3.05, 3.63) is 60.2 Å². The number of nitrogens with one attached hydrogen (secondary N) is 2. The van der Waals surface area contributed by atoms with Crippen LogP contribution in [0.4, 0.5) is 5.69 Å². The van der Waals surface area contributed by atoms with E-state index < -0.39 is 10.0 Å². The molecule has 1 aliphatic rings. The van der Waals surface area contributed by atoms with Crippen molar-refractivity contribution >= 4 is 21.6 Å². The molecule has 2 aromatic carbocycles. The van der Waals surface area contributed by atoms with E-state index in [4.69, 9.17) is 4.74 Å². The van der Waals surface area contributed by atoms with Crippen molar-refractivity contribution in [2.45, 2.75) is 17.9 Å². The quantitative estimate of drug-likeness (QED) is 0.738. The molecule has 0 bridgehead atoms. The SMILES string of the molecule is CC(=O)Nc1ccc(S(=O)(=O)NCCN2CCO[C@@H](c3ccccc3)C2)cc1. The van der Waals surface area contributed by atoms with Crippen molar-refractivity contribution in [3.8, 4) is 0 Å². The topological polar surface area (TPSA) is 87.7 Å². The zero-order valence-electron chi connectivity index (χ0n) is 15.8. The van der Waals surface area contributed by atoms with Gasteiger partial charge in [0.1, 0.15) is 0 Å². The van der Waals surface area contributed by atoms with Crippen LogP contribution in [-0.4, -0.2) is 52.0 Å². The number of ether oxygens (including phenoxy) is 1. The molecule has 1 fully saturated rings. The van der Waals surface area contributed by atoms with Gasteiger partial charge in [0.05, 0.1) is 17.6 Å². The van der Waals surface area contributed by atoms with Crippen molar-refractivity contribution in [2.75, 3.05) is 38.1 Å². The summed E-state index contributed by atoms with van der Waals surface area (Å²) in [5.41, 5.74) is 1.69. The lowest BCUT2D eigenvalue weighted by Gasteiger charge is -2.33. The van der Waals surface area contributed by atoms with Crippen molar-refractivity contribution in [2.24, 2.45) is 0 Å². The summed E-state index contributed by atoms with van der Waals surface area (Å²) in [6, 6.07) is 16.1. The summed E-state index contributed by atoms with van der Waals surface area (Å²) >= 11 is 0. The lowest BCUT2D eigenvalue weighted by Crippen LogP contribution is -2.42. The number of carbonyl (C=O) groups is 1. The first-order chi connectivity index (χ1) is 13.4. The van der Waals surface area contributed by atoms with Gasteiger partial charge in [-0.05, 0) is 29.8 Å². The standard InChI is InChI=1S/C20H25N3O4S/c1-16(24)22-18-7-9-19(10-8-18)28(25,26)21-11-12-23-13-14-27-20(15-23)17-5-3-2-4-6-17/h2-10,20-21H,11-15H2,1H3,(H,22,24)/t20-/m1/s1. The van der Waals surface area contributed by atoms with Crippen molar-refractivity contribution in [3.63, 3.8) is 0 Å². The predicted molar refractivity (Wildman–Crippen MR) is 108 cm³/mol. The summed E-state index contributed by atoms with van der Waals surface area (Å²) in [7, 11) is -3.59. The third-order valence-electron chi connectivity index (χ3n) is 4.53. The minimum Gasteiger partial charge on any atom is -0.371 e. The zero-order chi connectivity index (χ0) is 20.0. The Morgan fingerprint density at radius 1 is 1.14 bits per heavy atom. The van der Waals surface area contributed by atoms with Gasteiger partial charge in [0.25, 0.3) is 0 Å². The zero-order valence-corrected chi connectivity index (χ0v) is 16.6. The summed E-state index contributed by atoms with van der Waals surface area (Å²) in [4.78, 5) is 13.4. The van der Waals surface area contributed by atoms with Gasteiger partial charge in [0, 0.05) is 38.8 Å². The molecule has 0 spiro atoms. The summed E-state index contributed by atoms with van der Waals surface area (Å²) in [6.07, 6.45) is 0.00729. The molecule has 0 saturated carbocycles. The normalized spacial score (nSPS) is 18.0. The molecule has 2 N–H and O–H groups in total. The molecule has 8 heteroatoms. The lowest BCUT2D eigenvalue weighted by molar-refractivity contribution is -0.114. The van der Waals surface area contributed by atoms with E-state index in [0.717, 1.165) is 18.7 Å². The van der Waals surface area contributed by atoms with Gasteiger partial charge < -0.3 is 10.1 Å². The van der Waals surface area contributed by atoms with E-state index in [-0.39, 0.29) is 16.9 Å². The Hall–Kier alpha value is -2.26. The first-order valence-corrected chi connectivity index (χ1v) is 10.7. The Kier molecular flexibility index (Phi) is 6.79. The third-order valence-corrected chi connectivity index (χ3v) is 6.00. The molecule has 0 aliphatic carbocycles. The van der Waals surface area contributed by atoms with Gasteiger partial charge in [-0.25, -0.2) is 13.1 Å². The Bertz CT molecular complexity index is 885. The van der Waals surface area contributed by atoms with Crippen LogP contribution in [0.15, 0.2) is 59.5 Å². The molecule has 28 heavy (non-hydrogen) atoms. The number of anilines is 1. The van der Waals surface area contributed by atoms with E-state index >= 15 is 0 Å². The van der Waals surface area contributed by atoms with Gasteiger partial charge in [-0.2, -0.15) is 0 Å². The van der Waals surface area contributed by atoms with E-state index in [9.17, 15) is 13.2 Å². The molecule has 1 saturated heterocycles. The van der Waals surface area contributed by atoms with Crippen LogP contribution in [-0.2, 0) is 19.6 Å². The van der Waals surface area contributed by atoms with E-state index in [2.05, 4.69) is 14.9 Å². The maximum absolute atomic E-state index is 12.5. The van der Waals surface area contributed by atoms with E-state index in [1.807, 2.05) is 30.3 Å². The van der Waals surface area contributed by atoms with Gasteiger partial charge in [0.2, 0.25) is 15.9 Å². The molecule has 0 radical (unpaired) electrons. The Balaban J connectivity index is 1.51. The summed E-state index contributed by atoms with van der Waals surface area (Å²) in [5.74, 6) is -0.201. The van der Waals surface area contributed by atoms with E-state index in [1.54, 1.807) is 12.1 Å². The second-order valence-corrected chi connectivity index (χ2v) is 8.44. The van der Waals surface area contributed by atoms with Gasteiger partial charge >= 0.3 is 0 Å². The molecule has 0 aromatic heterocycles. The Labute approximate surface area is 165 Å². The fraction of sp³-hybridized carbons (Fsp3) is 0.350. The van der Waals surface area contributed by atoms with Crippen molar-refractivity contribution < 1.29 is 17.9 Å². The molecule has 1 aliphatic heterocycles. The van der Waals surface area contributed by atoms with Crippen LogP contribution in [0.1, 0.15) is 18.6 Å². The van der Waals surface area contributed by atoms with Crippen LogP contribution in [0, 0.1) is 0 Å². The lowest BCUT2D eigenvalue weighted by atomic mass is 10.1. The monoisotopic (exact) mass is 403 g/mol. The first kappa shape index (κ1) is 20.5. The number of hydrogen-bond donors (Lipinski definition) is 2. The molecule has 3 rings (SSSR count). The van der Waals surface area contributed by atoms with Crippen LogP contribution < -0.4 is 10.0 Å². The van der Waals surface area contributed by atoms with Gasteiger partial charge in [0.15, 0.2) is 0 Å². The number of amides is 1. The summed E-state index contributed by atoms with van der Waals surface area (Å²) in [6.45, 7) is 4.46. The highest BCUT2D eigenvalue weighted by Gasteiger charge is 2.22. The molecule has 1 atom stereocenters. The fourth-order valence-corrected chi connectivity index (χ4v) is 4.14. The van der Waals surface area contributed by atoms with Crippen molar-refractivity contribution in [1.29, 1.82) is 0 Å². The number of carbonyl (C=O) groups excluding carboxylic acids is 1. The average Bonchev–Trinajstić information content (AvgIpc) is 2.69. The first-order valence-electron chi connectivity index (χ1n) is 9.20. The highest BCUT2D eigenvalue weighted by atomic mass is 32.2. The summed E-state index contributed by atoms with van der Waals surface area (Å²) in [5, 5.41) is 2.61. The molecular weight excluding hydrogens is 378 g/mol. The highest BCUT2D eigenvalue weighted by Crippen LogP contribution is 2.21. The molecule has 150 valence electrons. The maximum atomic E-state index is 12.5. The largest absolute Gasteiger partial charge is 0.371 e. The molecule has 2 aromatic rings. The molecule has 0 unspecified atom stereocenters. The summed E-state index contributed by atoms with van der Waals surface area (Å²) < 4.78 is 33.4. The van der Waals surface area contributed by atoms with Crippen LogP contribution >= 0.6 is 0 Å². The van der Waals surface area contributed by atoms with Gasteiger partial charge in [-0.15, -0.1) is 0 Å². The smallest absolute Gasteiger partial charge is 0.240 e. The molecule has 7 nitrogen and oxygen atoms in total. The number of benzene rings is 2. The van der Waals surface area contributed by atoms with Gasteiger partial charge in [-0.3, -0.25) is 9.69 Å². The van der Waals surface area contributed by atoms with Crippen molar-refractivity contribution in [1.82, 2.24) is 9.62 Å². The molecular formula is C20H25N3O4S. The van der Waals surface area contributed by atoms with Crippen LogP contribution in [0.25, 0.3) is 0 Å². The molecule has 1 amide bonds. The van der Waals surface area contributed by atoms with Gasteiger partial charge in [-0.1, -0.05) is 30.3 Å². The second-order valence-electron chi connectivity index (χ2n) is 6.67. The number of nitrogens with zero attached hydrogens (tertiary/aromatic N) is 1. The van der Waals surface area contributed by atoms with E-state index in [1.165, 1.54) is 19.1 Å². The number of hydrogen-bond acceptors (Lipinski definition) is 5. The van der Waals surface area contributed by atoms with Crippen LogP contribution in [0.3, 0.4) is 0 Å². The Morgan fingerprint density at radius 2 is 1.86 bits per heavy atom. The third kappa shape index (κ3) is 5.62. The maximum Gasteiger partial charge on any atom is 0.240 e. The van der Waals surface area contributed by atoms with Crippen LogP contribution in [0.2, 0.25) is 0 Å².